The fraction of sp³-hybridized carbons (Fsp3) is 0.143. The van der Waals surface area contributed by atoms with Gasteiger partial charge in [0.15, 0.2) is 5.75 Å². The van der Waals surface area contributed by atoms with Gasteiger partial charge in [-0.25, -0.2) is 8.42 Å². The van der Waals surface area contributed by atoms with Crippen LogP contribution in [0.3, 0.4) is 0 Å². The molecule has 22 heavy (non-hydrogen) atoms. The summed E-state index contributed by atoms with van der Waals surface area (Å²) in [6.07, 6.45) is 0. The average Bonchev–Trinajstić information content (AvgIpc) is 2.43. The van der Waals surface area contributed by atoms with E-state index in [-0.39, 0.29) is 4.90 Å². The van der Waals surface area contributed by atoms with Gasteiger partial charge in [-0.05, 0) is 43.2 Å². The maximum atomic E-state index is 12.3. The number of phenols is 1. The first-order valence-corrected chi connectivity index (χ1v) is 7.77. The van der Waals surface area contributed by atoms with Crippen LogP contribution in [0.2, 0.25) is 0 Å². The Morgan fingerprint density at radius 3 is 2.50 bits per heavy atom. The number of sulfonamides is 1. The second kappa shape index (κ2) is 5.64. The summed E-state index contributed by atoms with van der Waals surface area (Å²) in [5.74, 6) is -0.587. The molecule has 0 spiro atoms. The van der Waals surface area contributed by atoms with Crippen molar-refractivity contribution in [3.63, 3.8) is 0 Å². The van der Waals surface area contributed by atoms with Crippen molar-refractivity contribution >= 4 is 21.4 Å². The summed E-state index contributed by atoms with van der Waals surface area (Å²) in [7, 11) is -3.99. The van der Waals surface area contributed by atoms with Crippen LogP contribution in [0.15, 0.2) is 41.3 Å². The van der Waals surface area contributed by atoms with Gasteiger partial charge in [-0.2, -0.15) is 0 Å². The van der Waals surface area contributed by atoms with Crippen molar-refractivity contribution in [1.82, 2.24) is 0 Å². The third-order valence-corrected chi connectivity index (χ3v) is 4.67. The Labute approximate surface area is 127 Å². The number of hydrogen-bond acceptors (Lipinski definition) is 5. The molecule has 0 fully saturated rings. The zero-order chi connectivity index (χ0) is 16.5. The Morgan fingerprint density at radius 1 is 1.18 bits per heavy atom. The smallest absolute Gasteiger partial charge is 0.312 e. The molecule has 0 amide bonds. The lowest BCUT2D eigenvalue weighted by atomic mass is 10.1. The van der Waals surface area contributed by atoms with E-state index < -0.39 is 26.4 Å². The van der Waals surface area contributed by atoms with Crippen molar-refractivity contribution in [2.24, 2.45) is 0 Å². The van der Waals surface area contributed by atoms with Gasteiger partial charge >= 0.3 is 5.69 Å². The van der Waals surface area contributed by atoms with Crippen molar-refractivity contribution in [2.75, 3.05) is 4.72 Å². The fourth-order valence-corrected chi connectivity index (χ4v) is 3.02. The number of nitrogens with zero attached hydrogens (tertiary/aromatic N) is 1. The number of benzene rings is 2. The van der Waals surface area contributed by atoms with Gasteiger partial charge < -0.3 is 5.11 Å². The maximum absolute atomic E-state index is 12.3. The number of nitro groups is 1. The van der Waals surface area contributed by atoms with Crippen molar-refractivity contribution in [2.45, 2.75) is 18.7 Å². The second-order valence-electron chi connectivity index (χ2n) is 4.76. The highest BCUT2D eigenvalue weighted by Crippen LogP contribution is 2.29. The minimum atomic E-state index is -3.99. The van der Waals surface area contributed by atoms with Gasteiger partial charge in [0.05, 0.1) is 15.5 Å². The van der Waals surface area contributed by atoms with Crippen LogP contribution >= 0.6 is 0 Å². The molecule has 2 N–H and O–H groups in total. The summed E-state index contributed by atoms with van der Waals surface area (Å²) in [5, 5.41) is 20.2. The molecule has 8 heteroatoms. The molecular formula is C14H14N2O5S. The Morgan fingerprint density at radius 2 is 1.86 bits per heavy atom. The molecule has 0 saturated carbocycles. The molecule has 0 saturated heterocycles. The highest BCUT2D eigenvalue weighted by atomic mass is 32.2. The highest BCUT2D eigenvalue weighted by molar-refractivity contribution is 7.92. The topological polar surface area (TPSA) is 110 Å². The van der Waals surface area contributed by atoms with E-state index in [1.807, 2.05) is 13.0 Å². The van der Waals surface area contributed by atoms with Crippen LogP contribution < -0.4 is 4.72 Å². The van der Waals surface area contributed by atoms with Gasteiger partial charge in [0.2, 0.25) is 0 Å². The SMILES string of the molecule is Cc1cccc(NS(=O)(=O)c2ccc(O)c([N+](=O)[O-])c2)c1C. The Hall–Kier alpha value is -2.61. The molecule has 2 aromatic rings. The molecule has 0 aromatic heterocycles. The summed E-state index contributed by atoms with van der Waals surface area (Å²) in [4.78, 5) is 9.65. The largest absolute Gasteiger partial charge is 0.502 e. The average molecular weight is 322 g/mol. The van der Waals surface area contributed by atoms with Crippen LogP contribution in [-0.4, -0.2) is 18.4 Å². The van der Waals surface area contributed by atoms with E-state index in [1.54, 1.807) is 19.1 Å². The first-order valence-electron chi connectivity index (χ1n) is 6.29. The molecular weight excluding hydrogens is 308 g/mol. The molecule has 0 unspecified atom stereocenters. The zero-order valence-electron chi connectivity index (χ0n) is 11.9. The third-order valence-electron chi connectivity index (χ3n) is 3.30. The van der Waals surface area contributed by atoms with Crippen molar-refractivity contribution < 1.29 is 18.4 Å². The standard InChI is InChI=1S/C14H14N2O5S/c1-9-4-3-5-12(10(9)2)15-22(20,21)11-6-7-14(17)13(8-11)16(18)19/h3-8,15,17H,1-2H3. The molecule has 0 aliphatic carbocycles. The molecule has 0 bridgehead atoms. The fourth-order valence-electron chi connectivity index (χ4n) is 1.88. The van der Waals surface area contributed by atoms with Crippen molar-refractivity contribution in [3.8, 4) is 5.75 Å². The Kier molecular flexibility index (Phi) is 4.05. The number of hydrogen-bond donors (Lipinski definition) is 2. The monoisotopic (exact) mass is 322 g/mol. The first-order chi connectivity index (χ1) is 10.2. The number of aryl methyl sites for hydroxylation is 1. The lowest BCUT2D eigenvalue weighted by Crippen LogP contribution is -2.14. The van der Waals surface area contributed by atoms with Gasteiger partial charge in [-0.3, -0.25) is 14.8 Å². The number of rotatable bonds is 4. The van der Waals surface area contributed by atoms with E-state index in [2.05, 4.69) is 4.72 Å². The Balaban J connectivity index is 2.45. The molecule has 2 rings (SSSR count). The maximum Gasteiger partial charge on any atom is 0.312 e. The van der Waals surface area contributed by atoms with Crippen LogP contribution in [0.4, 0.5) is 11.4 Å². The van der Waals surface area contributed by atoms with E-state index in [0.717, 1.165) is 29.3 Å². The molecule has 2 aromatic carbocycles. The number of phenolic OH excluding ortho intramolecular Hbond substituents is 1. The molecule has 0 radical (unpaired) electrons. The van der Waals surface area contributed by atoms with Gasteiger partial charge in [0, 0.05) is 6.07 Å². The number of anilines is 1. The van der Waals surface area contributed by atoms with Crippen LogP contribution in [-0.2, 0) is 10.0 Å². The molecule has 0 heterocycles. The lowest BCUT2D eigenvalue weighted by Gasteiger charge is -2.12. The quantitative estimate of drug-likeness (QED) is 0.664. The summed E-state index contributed by atoms with van der Waals surface area (Å²) in [6, 6.07) is 8.07. The van der Waals surface area contributed by atoms with Crippen LogP contribution in [0, 0.1) is 24.0 Å². The second-order valence-corrected chi connectivity index (χ2v) is 6.44. The minimum absolute atomic E-state index is 0.294. The molecule has 0 aliphatic heterocycles. The highest BCUT2D eigenvalue weighted by Gasteiger charge is 2.21. The summed E-state index contributed by atoms with van der Waals surface area (Å²) < 4.78 is 27.1. The van der Waals surface area contributed by atoms with Gasteiger partial charge in [-0.15, -0.1) is 0 Å². The van der Waals surface area contributed by atoms with Gasteiger partial charge in [-0.1, -0.05) is 12.1 Å². The van der Waals surface area contributed by atoms with Crippen LogP contribution in [0.5, 0.6) is 5.75 Å². The van der Waals surface area contributed by atoms with Gasteiger partial charge in [0.25, 0.3) is 10.0 Å². The van der Waals surface area contributed by atoms with Crippen molar-refractivity contribution in [3.05, 3.63) is 57.6 Å². The Bertz CT molecular complexity index is 846. The van der Waals surface area contributed by atoms with Gasteiger partial charge in [0.1, 0.15) is 0 Å². The number of nitro benzene ring substituents is 1. The van der Waals surface area contributed by atoms with Crippen LogP contribution in [0.1, 0.15) is 11.1 Å². The first kappa shape index (κ1) is 15.8. The summed E-state index contributed by atoms with van der Waals surface area (Å²) in [6.45, 7) is 3.62. The third kappa shape index (κ3) is 3.01. The van der Waals surface area contributed by atoms with E-state index in [4.69, 9.17) is 0 Å². The molecule has 116 valence electrons. The van der Waals surface area contributed by atoms with Crippen molar-refractivity contribution in [1.29, 1.82) is 0 Å². The molecule has 7 nitrogen and oxygen atoms in total. The van der Waals surface area contributed by atoms with E-state index in [9.17, 15) is 23.6 Å². The predicted molar refractivity (Wildman–Crippen MR) is 81.5 cm³/mol. The number of aromatic hydroxyl groups is 1. The van der Waals surface area contributed by atoms with E-state index in [1.165, 1.54) is 0 Å². The lowest BCUT2D eigenvalue weighted by molar-refractivity contribution is -0.386. The minimum Gasteiger partial charge on any atom is -0.502 e. The summed E-state index contributed by atoms with van der Waals surface area (Å²) >= 11 is 0. The molecule has 0 atom stereocenters. The van der Waals surface area contributed by atoms with E-state index >= 15 is 0 Å². The predicted octanol–water partition coefficient (Wildman–Crippen LogP) is 2.72. The molecule has 0 aliphatic rings. The van der Waals surface area contributed by atoms with Crippen LogP contribution in [0.25, 0.3) is 0 Å². The van der Waals surface area contributed by atoms with E-state index in [0.29, 0.717) is 5.69 Å². The normalized spacial score (nSPS) is 11.2. The summed E-state index contributed by atoms with van der Waals surface area (Å²) in [5.41, 5.74) is 1.41. The zero-order valence-corrected chi connectivity index (χ0v) is 12.7. The number of nitrogens with one attached hydrogen (secondary N) is 1.